The highest BCUT2D eigenvalue weighted by molar-refractivity contribution is 7.17. The minimum absolute atomic E-state index is 0.127. The summed E-state index contributed by atoms with van der Waals surface area (Å²) in [6.07, 6.45) is 0. The number of thiazole rings is 1. The van der Waals surface area contributed by atoms with Crippen molar-refractivity contribution in [1.29, 1.82) is 0 Å². The lowest BCUT2D eigenvalue weighted by Crippen LogP contribution is -2.36. The Balaban J connectivity index is 1.47. The number of ether oxygens (including phenoxy) is 2. The number of amides is 1. The van der Waals surface area contributed by atoms with E-state index in [1.807, 2.05) is 44.2 Å². The number of hydrogen-bond donors (Lipinski definition) is 1. The second-order valence-corrected chi connectivity index (χ2v) is 8.48. The van der Waals surface area contributed by atoms with Gasteiger partial charge in [-0.1, -0.05) is 19.9 Å². The van der Waals surface area contributed by atoms with E-state index in [0.29, 0.717) is 27.9 Å². The molecule has 0 saturated carbocycles. The monoisotopic (exact) mass is 398 g/mol. The summed E-state index contributed by atoms with van der Waals surface area (Å²) in [5.74, 6) is 2.88. The van der Waals surface area contributed by atoms with Crippen LogP contribution in [-0.4, -0.2) is 24.2 Å². The van der Waals surface area contributed by atoms with Crippen molar-refractivity contribution < 1.29 is 18.7 Å². The van der Waals surface area contributed by atoms with Crippen LogP contribution in [0.1, 0.15) is 40.5 Å². The van der Waals surface area contributed by atoms with E-state index in [0.717, 1.165) is 22.8 Å². The smallest absolute Gasteiger partial charge is 0.263 e. The van der Waals surface area contributed by atoms with Crippen LogP contribution >= 0.6 is 11.3 Å². The molecule has 0 unspecified atom stereocenters. The van der Waals surface area contributed by atoms with Gasteiger partial charge in [0.1, 0.15) is 10.6 Å². The Morgan fingerprint density at radius 2 is 1.96 bits per heavy atom. The largest absolute Gasteiger partial charge is 0.459 e. The molecule has 28 heavy (non-hydrogen) atoms. The molecule has 0 aliphatic carbocycles. The average molecular weight is 398 g/mol. The fraction of sp³-hybridized carbons (Fsp3) is 0.333. The van der Waals surface area contributed by atoms with Gasteiger partial charge in [-0.3, -0.25) is 4.79 Å². The zero-order valence-corrected chi connectivity index (χ0v) is 17.1. The first-order chi connectivity index (χ1) is 13.3. The summed E-state index contributed by atoms with van der Waals surface area (Å²) >= 11 is 1.34. The molecule has 3 heterocycles. The maximum absolute atomic E-state index is 12.8. The zero-order valence-electron chi connectivity index (χ0n) is 16.3. The summed E-state index contributed by atoms with van der Waals surface area (Å²) in [6.45, 7) is 8.63. The molecule has 1 N–H and O–H groups in total. The van der Waals surface area contributed by atoms with Gasteiger partial charge in [0.25, 0.3) is 5.91 Å². The van der Waals surface area contributed by atoms with Crippen LogP contribution in [0.3, 0.4) is 0 Å². The summed E-state index contributed by atoms with van der Waals surface area (Å²) in [6, 6.07) is 9.66. The van der Waals surface area contributed by atoms with Gasteiger partial charge in [0.2, 0.25) is 6.79 Å². The van der Waals surface area contributed by atoms with Crippen molar-refractivity contribution in [1.82, 2.24) is 10.3 Å². The number of benzene rings is 1. The average Bonchev–Trinajstić information content (AvgIpc) is 3.38. The molecule has 4 rings (SSSR count). The van der Waals surface area contributed by atoms with Crippen molar-refractivity contribution >= 4 is 17.2 Å². The number of nitrogens with zero attached hydrogens (tertiary/aromatic N) is 1. The molecule has 6 nitrogen and oxygen atoms in total. The fourth-order valence-electron chi connectivity index (χ4n) is 3.06. The van der Waals surface area contributed by atoms with Gasteiger partial charge in [0, 0.05) is 12.0 Å². The molecule has 0 fully saturated rings. The van der Waals surface area contributed by atoms with Crippen LogP contribution in [0.15, 0.2) is 34.7 Å². The summed E-state index contributed by atoms with van der Waals surface area (Å²) in [7, 11) is 0. The number of furan rings is 1. The van der Waals surface area contributed by atoms with E-state index in [1.165, 1.54) is 11.3 Å². The van der Waals surface area contributed by atoms with Gasteiger partial charge in [0.05, 0.1) is 5.69 Å². The Bertz CT molecular complexity index is 1030. The third-order valence-electron chi connectivity index (χ3n) is 4.80. The minimum atomic E-state index is -0.268. The van der Waals surface area contributed by atoms with Crippen LogP contribution in [0, 0.1) is 13.8 Å². The summed E-state index contributed by atoms with van der Waals surface area (Å²) in [4.78, 5) is 17.9. The number of fused-ring (bicyclic) bond motifs is 1. The molecule has 0 saturated heterocycles. The molecule has 1 aromatic carbocycles. The second kappa shape index (κ2) is 6.98. The van der Waals surface area contributed by atoms with Gasteiger partial charge < -0.3 is 19.2 Å². The second-order valence-electron chi connectivity index (χ2n) is 7.48. The van der Waals surface area contributed by atoms with Crippen molar-refractivity contribution in [2.24, 2.45) is 0 Å². The molecule has 0 radical (unpaired) electrons. The zero-order chi connectivity index (χ0) is 19.9. The maximum atomic E-state index is 12.8. The highest BCUT2D eigenvalue weighted by Crippen LogP contribution is 2.36. The molecule has 0 spiro atoms. The Hall–Kier alpha value is -2.80. The van der Waals surface area contributed by atoms with Crippen molar-refractivity contribution in [3.8, 4) is 22.3 Å². The van der Waals surface area contributed by atoms with Crippen LogP contribution < -0.4 is 14.8 Å². The van der Waals surface area contributed by atoms with E-state index in [1.54, 1.807) is 0 Å². The Morgan fingerprint density at radius 3 is 2.71 bits per heavy atom. The SMILES string of the molecule is Cc1ccc(-c2nc(C)c(C(=O)NCC(C)(C)c3ccc4c(c3)OCO4)s2)o1. The van der Waals surface area contributed by atoms with E-state index in [9.17, 15) is 4.79 Å². The number of rotatable bonds is 5. The molecular weight excluding hydrogens is 376 g/mol. The third kappa shape index (κ3) is 3.49. The quantitative estimate of drug-likeness (QED) is 0.687. The summed E-state index contributed by atoms with van der Waals surface area (Å²) in [5.41, 5.74) is 1.51. The van der Waals surface area contributed by atoms with Crippen molar-refractivity contribution in [3.63, 3.8) is 0 Å². The Kier molecular flexibility index (Phi) is 4.63. The molecule has 146 valence electrons. The molecule has 1 amide bonds. The van der Waals surface area contributed by atoms with Crippen LogP contribution in [0.4, 0.5) is 0 Å². The molecule has 7 heteroatoms. The molecule has 2 aromatic heterocycles. The number of aryl methyl sites for hydroxylation is 2. The first-order valence-corrected chi connectivity index (χ1v) is 9.88. The van der Waals surface area contributed by atoms with Crippen molar-refractivity contribution in [2.75, 3.05) is 13.3 Å². The highest BCUT2D eigenvalue weighted by Gasteiger charge is 2.26. The molecule has 0 bridgehead atoms. The number of carbonyl (C=O) groups excluding carboxylic acids is 1. The highest BCUT2D eigenvalue weighted by atomic mass is 32.1. The molecule has 1 aliphatic heterocycles. The van der Waals surface area contributed by atoms with Crippen molar-refractivity contribution in [3.05, 3.63) is 52.2 Å². The van der Waals surface area contributed by atoms with Gasteiger partial charge in [-0.05, 0) is 43.7 Å². The number of aromatic nitrogens is 1. The fourth-order valence-corrected chi connectivity index (χ4v) is 4.01. The van der Waals surface area contributed by atoms with Gasteiger partial charge in [0.15, 0.2) is 22.3 Å². The topological polar surface area (TPSA) is 73.6 Å². The van der Waals surface area contributed by atoms with Crippen LogP contribution in [0.25, 0.3) is 10.8 Å². The van der Waals surface area contributed by atoms with Gasteiger partial charge in [-0.2, -0.15) is 0 Å². The molecule has 0 atom stereocenters. The molecule has 1 aliphatic rings. The lowest BCUT2D eigenvalue weighted by molar-refractivity contribution is 0.0949. The lowest BCUT2D eigenvalue weighted by Gasteiger charge is -2.25. The van der Waals surface area contributed by atoms with E-state index in [4.69, 9.17) is 13.9 Å². The first kappa shape index (κ1) is 18.6. The van der Waals surface area contributed by atoms with E-state index in [-0.39, 0.29) is 18.1 Å². The number of nitrogens with one attached hydrogen (secondary N) is 1. The minimum Gasteiger partial charge on any atom is -0.459 e. The van der Waals surface area contributed by atoms with Gasteiger partial charge >= 0.3 is 0 Å². The van der Waals surface area contributed by atoms with Gasteiger partial charge in [-0.25, -0.2) is 4.98 Å². The predicted molar refractivity (Wildman–Crippen MR) is 107 cm³/mol. The van der Waals surface area contributed by atoms with Crippen LogP contribution in [0.5, 0.6) is 11.5 Å². The first-order valence-electron chi connectivity index (χ1n) is 9.06. The molecule has 3 aromatic rings. The maximum Gasteiger partial charge on any atom is 0.263 e. The summed E-state index contributed by atoms with van der Waals surface area (Å²) < 4.78 is 16.5. The van der Waals surface area contributed by atoms with E-state index < -0.39 is 0 Å². The lowest BCUT2D eigenvalue weighted by atomic mass is 9.84. The predicted octanol–water partition coefficient (Wildman–Crippen LogP) is 4.46. The Morgan fingerprint density at radius 1 is 1.18 bits per heavy atom. The number of carbonyl (C=O) groups is 1. The standard InChI is InChI=1S/C21H22N2O4S/c1-12-5-7-16(27-12)20-23-13(2)18(28-20)19(24)22-10-21(3,4)14-6-8-15-17(9-14)26-11-25-15/h5-9H,10-11H2,1-4H3,(H,22,24). The summed E-state index contributed by atoms with van der Waals surface area (Å²) in [5, 5.41) is 3.76. The van der Waals surface area contributed by atoms with Crippen molar-refractivity contribution in [2.45, 2.75) is 33.1 Å². The third-order valence-corrected chi connectivity index (χ3v) is 5.97. The van der Waals surface area contributed by atoms with Gasteiger partial charge in [-0.15, -0.1) is 11.3 Å². The van der Waals surface area contributed by atoms with E-state index in [2.05, 4.69) is 24.1 Å². The van der Waals surface area contributed by atoms with E-state index >= 15 is 0 Å². The normalized spacial score (nSPS) is 13.0. The number of hydrogen-bond acceptors (Lipinski definition) is 6. The Labute approximate surface area is 167 Å². The van der Waals surface area contributed by atoms with Crippen LogP contribution in [0.2, 0.25) is 0 Å². The molecular formula is C21H22N2O4S. The van der Waals surface area contributed by atoms with Crippen LogP contribution in [-0.2, 0) is 5.41 Å².